The van der Waals surface area contributed by atoms with Crippen LogP contribution < -0.4 is 5.32 Å². The number of nitro groups is 1. The molecule has 0 saturated carbocycles. The molecule has 4 aromatic rings. The van der Waals surface area contributed by atoms with Crippen LogP contribution in [0.25, 0.3) is 11.3 Å². The Hall–Kier alpha value is -3.84. The van der Waals surface area contributed by atoms with Gasteiger partial charge in [-0.1, -0.05) is 60.7 Å². The standard InChI is InChI=1S/C24H19N3O3S/c28-23(15-21(17-7-3-1-4-8-17)18-9-5-2-6-10-18)26-24-25-22(16-31-24)19-11-13-20(14-12-19)27(29)30/h1-14,16,21H,15H2,(H,25,26,28). The Balaban J connectivity index is 1.48. The van der Waals surface area contributed by atoms with Crippen LogP contribution in [0.15, 0.2) is 90.3 Å². The number of hydrogen-bond acceptors (Lipinski definition) is 5. The summed E-state index contributed by atoms with van der Waals surface area (Å²) in [6, 6.07) is 26.1. The first kappa shape index (κ1) is 20.4. The van der Waals surface area contributed by atoms with Crippen LogP contribution in [-0.4, -0.2) is 15.8 Å². The van der Waals surface area contributed by atoms with E-state index in [1.807, 2.05) is 66.0 Å². The molecule has 0 radical (unpaired) electrons. The van der Waals surface area contributed by atoms with Gasteiger partial charge in [0.15, 0.2) is 5.13 Å². The molecule has 7 heteroatoms. The molecule has 0 aliphatic carbocycles. The third kappa shape index (κ3) is 5.02. The van der Waals surface area contributed by atoms with Crippen molar-refractivity contribution >= 4 is 28.1 Å². The van der Waals surface area contributed by atoms with E-state index in [1.165, 1.54) is 23.5 Å². The number of amides is 1. The quantitative estimate of drug-likeness (QED) is 0.294. The molecule has 0 aliphatic rings. The van der Waals surface area contributed by atoms with Gasteiger partial charge < -0.3 is 5.32 Å². The van der Waals surface area contributed by atoms with Crippen LogP contribution in [0.4, 0.5) is 10.8 Å². The van der Waals surface area contributed by atoms with Gasteiger partial charge >= 0.3 is 0 Å². The van der Waals surface area contributed by atoms with Crippen molar-refractivity contribution in [2.75, 3.05) is 5.32 Å². The number of carbonyl (C=O) groups excluding carboxylic acids is 1. The van der Waals surface area contributed by atoms with Gasteiger partial charge in [-0.05, 0) is 23.3 Å². The monoisotopic (exact) mass is 429 g/mol. The zero-order valence-electron chi connectivity index (χ0n) is 16.5. The van der Waals surface area contributed by atoms with Crippen molar-refractivity contribution in [1.29, 1.82) is 0 Å². The highest BCUT2D eigenvalue weighted by atomic mass is 32.1. The lowest BCUT2D eigenvalue weighted by atomic mass is 9.88. The first-order valence-electron chi connectivity index (χ1n) is 9.70. The fraction of sp³-hybridized carbons (Fsp3) is 0.0833. The highest BCUT2D eigenvalue weighted by Gasteiger charge is 2.19. The second-order valence-corrected chi connectivity index (χ2v) is 7.83. The maximum absolute atomic E-state index is 12.8. The van der Waals surface area contributed by atoms with Crippen LogP contribution >= 0.6 is 11.3 Å². The topological polar surface area (TPSA) is 85.1 Å². The zero-order valence-corrected chi connectivity index (χ0v) is 17.3. The van der Waals surface area contributed by atoms with Crippen LogP contribution in [0.3, 0.4) is 0 Å². The Morgan fingerprint density at radius 3 is 2.06 bits per heavy atom. The second kappa shape index (κ2) is 9.32. The molecular formula is C24H19N3O3S. The van der Waals surface area contributed by atoms with Gasteiger partial charge in [-0.2, -0.15) is 0 Å². The number of rotatable bonds is 7. The lowest BCUT2D eigenvalue weighted by Crippen LogP contribution is -2.16. The Bertz CT molecular complexity index is 1140. The number of carbonyl (C=O) groups is 1. The molecule has 0 fully saturated rings. The molecule has 31 heavy (non-hydrogen) atoms. The Labute approximate surface area is 183 Å². The summed E-state index contributed by atoms with van der Waals surface area (Å²) in [6.45, 7) is 0. The van der Waals surface area contributed by atoms with Gasteiger partial charge in [-0.15, -0.1) is 11.3 Å². The first-order chi connectivity index (χ1) is 15.1. The third-order valence-electron chi connectivity index (χ3n) is 4.92. The second-order valence-electron chi connectivity index (χ2n) is 6.97. The molecule has 1 N–H and O–H groups in total. The molecule has 1 aromatic heterocycles. The van der Waals surface area contributed by atoms with Crippen molar-refractivity contribution < 1.29 is 9.72 Å². The van der Waals surface area contributed by atoms with Crippen molar-refractivity contribution in [2.45, 2.75) is 12.3 Å². The average Bonchev–Trinajstić information content (AvgIpc) is 3.27. The molecule has 0 saturated heterocycles. The summed E-state index contributed by atoms with van der Waals surface area (Å²) in [7, 11) is 0. The molecule has 1 heterocycles. The largest absolute Gasteiger partial charge is 0.302 e. The number of aromatic nitrogens is 1. The highest BCUT2D eigenvalue weighted by molar-refractivity contribution is 7.14. The summed E-state index contributed by atoms with van der Waals surface area (Å²) in [5, 5.41) is 16.0. The average molecular weight is 430 g/mol. The summed E-state index contributed by atoms with van der Waals surface area (Å²) < 4.78 is 0. The molecule has 4 rings (SSSR count). The third-order valence-corrected chi connectivity index (χ3v) is 5.68. The Kier molecular flexibility index (Phi) is 6.14. The number of nitrogens with one attached hydrogen (secondary N) is 1. The van der Waals surface area contributed by atoms with Crippen LogP contribution in [-0.2, 0) is 4.79 Å². The van der Waals surface area contributed by atoms with E-state index < -0.39 is 4.92 Å². The van der Waals surface area contributed by atoms with E-state index >= 15 is 0 Å². The molecule has 0 bridgehead atoms. The van der Waals surface area contributed by atoms with Crippen molar-refractivity contribution in [3.05, 3.63) is 112 Å². The van der Waals surface area contributed by atoms with Gasteiger partial charge in [0.1, 0.15) is 0 Å². The predicted molar refractivity (Wildman–Crippen MR) is 122 cm³/mol. The minimum Gasteiger partial charge on any atom is -0.302 e. The smallest absolute Gasteiger partial charge is 0.269 e. The van der Waals surface area contributed by atoms with E-state index in [-0.39, 0.29) is 17.5 Å². The molecule has 0 spiro atoms. The van der Waals surface area contributed by atoms with Gasteiger partial charge in [0, 0.05) is 35.4 Å². The van der Waals surface area contributed by atoms with Crippen LogP contribution in [0.1, 0.15) is 23.5 Å². The van der Waals surface area contributed by atoms with E-state index in [0.29, 0.717) is 17.2 Å². The zero-order chi connectivity index (χ0) is 21.6. The van der Waals surface area contributed by atoms with Gasteiger partial charge in [-0.3, -0.25) is 14.9 Å². The number of thiazole rings is 1. The molecule has 0 aliphatic heterocycles. The number of anilines is 1. The maximum atomic E-state index is 12.8. The molecule has 154 valence electrons. The molecule has 6 nitrogen and oxygen atoms in total. The first-order valence-corrected chi connectivity index (χ1v) is 10.6. The fourth-order valence-electron chi connectivity index (χ4n) is 3.37. The van der Waals surface area contributed by atoms with Gasteiger partial charge in [0.2, 0.25) is 5.91 Å². The SMILES string of the molecule is O=C(CC(c1ccccc1)c1ccccc1)Nc1nc(-c2ccc([N+](=O)[O-])cc2)cs1. The van der Waals surface area contributed by atoms with Crippen molar-refractivity contribution in [1.82, 2.24) is 4.98 Å². The molecule has 1 amide bonds. The Morgan fingerprint density at radius 1 is 0.935 bits per heavy atom. The maximum Gasteiger partial charge on any atom is 0.269 e. The lowest BCUT2D eigenvalue weighted by Gasteiger charge is -2.17. The van der Waals surface area contributed by atoms with E-state index in [2.05, 4.69) is 10.3 Å². The van der Waals surface area contributed by atoms with Crippen molar-refractivity contribution in [3.8, 4) is 11.3 Å². The van der Waals surface area contributed by atoms with Crippen molar-refractivity contribution in [2.24, 2.45) is 0 Å². The summed E-state index contributed by atoms with van der Waals surface area (Å²) >= 11 is 1.32. The summed E-state index contributed by atoms with van der Waals surface area (Å²) in [6.07, 6.45) is 0.292. The number of nitrogens with zero attached hydrogens (tertiary/aromatic N) is 2. The van der Waals surface area contributed by atoms with Gasteiger partial charge in [0.25, 0.3) is 5.69 Å². The van der Waals surface area contributed by atoms with E-state index in [1.54, 1.807) is 12.1 Å². The van der Waals surface area contributed by atoms with Crippen molar-refractivity contribution in [3.63, 3.8) is 0 Å². The Morgan fingerprint density at radius 2 is 1.52 bits per heavy atom. The summed E-state index contributed by atoms with van der Waals surface area (Å²) in [4.78, 5) is 27.7. The minimum atomic E-state index is -0.438. The summed E-state index contributed by atoms with van der Waals surface area (Å²) in [5.74, 6) is -0.182. The van der Waals surface area contributed by atoms with E-state index in [4.69, 9.17) is 0 Å². The van der Waals surface area contributed by atoms with Gasteiger partial charge in [-0.25, -0.2) is 4.98 Å². The molecular weight excluding hydrogens is 410 g/mol. The highest BCUT2D eigenvalue weighted by Crippen LogP contribution is 2.30. The number of benzene rings is 3. The molecule has 0 atom stereocenters. The summed E-state index contributed by atoms with van der Waals surface area (Å²) in [5.41, 5.74) is 3.61. The lowest BCUT2D eigenvalue weighted by molar-refractivity contribution is -0.384. The van der Waals surface area contributed by atoms with E-state index in [9.17, 15) is 14.9 Å². The van der Waals surface area contributed by atoms with E-state index in [0.717, 1.165) is 16.7 Å². The van der Waals surface area contributed by atoms with Gasteiger partial charge in [0.05, 0.1) is 10.6 Å². The van der Waals surface area contributed by atoms with Crippen LogP contribution in [0, 0.1) is 10.1 Å². The fourth-order valence-corrected chi connectivity index (χ4v) is 4.11. The van der Waals surface area contributed by atoms with Crippen LogP contribution in [0.5, 0.6) is 0 Å². The number of hydrogen-bond donors (Lipinski definition) is 1. The minimum absolute atomic E-state index is 0.0281. The molecule has 3 aromatic carbocycles. The number of non-ortho nitro benzene ring substituents is 1. The number of nitro benzene ring substituents is 1. The predicted octanol–water partition coefficient (Wildman–Crippen LogP) is 5.88. The normalized spacial score (nSPS) is 10.7. The van der Waals surface area contributed by atoms with Crippen LogP contribution in [0.2, 0.25) is 0 Å². The molecule has 0 unspecified atom stereocenters.